The molecule has 0 spiro atoms. The number of benzene rings is 1. The summed E-state index contributed by atoms with van der Waals surface area (Å²) in [5.41, 5.74) is 0.694. The molecule has 3 N–H and O–H groups in total. The van der Waals surface area contributed by atoms with Crippen molar-refractivity contribution in [3.05, 3.63) is 53.1 Å². The number of aromatic nitrogens is 1. The first-order chi connectivity index (χ1) is 14.5. The molecule has 2 aromatic rings. The van der Waals surface area contributed by atoms with Crippen molar-refractivity contribution in [3.63, 3.8) is 0 Å². The zero-order valence-corrected chi connectivity index (χ0v) is 18.0. The lowest BCUT2D eigenvalue weighted by atomic mass is 9.95. The van der Waals surface area contributed by atoms with Crippen LogP contribution in [0.15, 0.2) is 53.1 Å². The molecular weight excluding hydrogens is 450 g/mol. The zero-order chi connectivity index (χ0) is 21.3. The number of pyridine rings is 1. The summed E-state index contributed by atoms with van der Waals surface area (Å²) < 4.78 is 0.847. The smallest absolute Gasteiger partial charge is 0.319 e. The van der Waals surface area contributed by atoms with Crippen molar-refractivity contribution in [2.24, 2.45) is 5.92 Å². The van der Waals surface area contributed by atoms with Crippen molar-refractivity contribution in [2.45, 2.75) is 19.3 Å². The van der Waals surface area contributed by atoms with E-state index >= 15 is 0 Å². The fourth-order valence-electron chi connectivity index (χ4n) is 3.21. The highest BCUT2D eigenvalue weighted by Gasteiger charge is 2.27. The fraction of sp³-hybridized carbons (Fsp3) is 0.333. The van der Waals surface area contributed by atoms with Gasteiger partial charge in [-0.15, -0.1) is 0 Å². The third-order valence-corrected chi connectivity index (χ3v) is 5.32. The van der Waals surface area contributed by atoms with Crippen LogP contribution in [0.2, 0.25) is 0 Å². The lowest BCUT2D eigenvalue weighted by Gasteiger charge is -2.31. The van der Waals surface area contributed by atoms with Crippen LogP contribution in [0, 0.1) is 5.92 Å². The highest BCUT2D eigenvalue weighted by molar-refractivity contribution is 9.10. The molecule has 0 aliphatic carbocycles. The summed E-state index contributed by atoms with van der Waals surface area (Å²) in [7, 11) is 0. The molecule has 8 nitrogen and oxygen atoms in total. The van der Waals surface area contributed by atoms with E-state index < -0.39 is 0 Å². The number of anilines is 2. The molecule has 2 heterocycles. The molecule has 0 saturated carbocycles. The number of piperidine rings is 1. The zero-order valence-electron chi connectivity index (χ0n) is 16.4. The Bertz CT molecular complexity index is 868. The number of hydrogen-bond donors (Lipinski definition) is 3. The molecule has 1 saturated heterocycles. The lowest BCUT2D eigenvalue weighted by Crippen LogP contribution is -2.42. The molecule has 30 heavy (non-hydrogen) atoms. The van der Waals surface area contributed by atoms with Gasteiger partial charge in [0.15, 0.2) is 0 Å². The number of nitrogens with zero attached hydrogens (tertiary/aromatic N) is 2. The van der Waals surface area contributed by atoms with Gasteiger partial charge in [-0.25, -0.2) is 9.78 Å². The van der Waals surface area contributed by atoms with Crippen molar-refractivity contribution >= 4 is 45.3 Å². The summed E-state index contributed by atoms with van der Waals surface area (Å²) in [6, 6.07) is 12.3. The summed E-state index contributed by atoms with van der Waals surface area (Å²) in [5, 5.41) is 8.22. The molecule has 158 valence electrons. The molecule has 1 fully saturated rings. The number of urea groups is 1. The van der Waals surface area contributed by atoms with E-state index in [4.69, 9.17) is 0 Å². The number of rotatable bonds is 6. The van der Waals surface area contributed by atoms with Crippen LogP contribution >= 0.6 is 15.9 Å². The Kier molecular flexibility index (Phi) is 7.78. The fourth-order valence-corrected chi connectivity index (χ4v) is 3.44. The first-order valence-corrected chi connectivity index (χ1v) is 10.6. The standard InChI is InChI=1S/C21H24BrN5O3/c22-16-6-7-18(24-14-16)26-20(29)15-9-12-27(13-10-15)19(28)8-11-23-21(30)25-17-4-2-1-3-5-17/h1-7,14-15H,8-13H2,(H2,23,25,30)(H,24,26,29). The van der Waals surface area contributed by atoms with E-state index in [1.807, 2.05) is 24.3 Å². The summed E-state index contributed by atoms with van der Waals surface area (Å²) in [6.45, 7) is 1.31. The van der Waals surface area contributed by atoms with E-state index in [0.717, 1.165) is 4.47 Å². The van der Waals surface area contributed by atoms with Gasteiger partial charge in [-0.2, -0.15) is 0 Å². The van der Waals surface area contributed by atoms with Crippen molar-refractivity contribution in [1.29, 1.82) is 0 Å². The molecule has 1 aliphatic rings. The quantitative estimate of drug-likeness (QED) is 0.598. The van der Waals surface area contributed by atoms with Gasteiger partial charge < -0.3 is 20.9 Å². The van der Waals surface area contributed by atoms with Crippen LogP contribution in [0.25, 0.3) is 0 Å². The normalized spacial score (nSPS) is 14.1. The number of halogens is 1. The molecule has 4 amide bonds. The average Bonchev–Trinajstić information content (AvgIpc) is 2.76. The predicted octanol–water partition coefficient (Wildman–Crippen LogP) is 3.23. The van der Waals surface area contributed by atoms with Crippen LogP contribution in [0.3, 0.4) is 0 Å². The summed E-state index contributed by atoms with van der Waals surface area (Å²) >= 11 is 3.31. The first kappa shape index (κ1) is 21.8. The second-order valence-corrected chi connectivity index (χ2v) is 7.92. The maximum atomic E-state index is 12.4. The van der Waals surface area contributed by atoms with Gasteiger partial charge in [-0.1, -0.05) is 18.2 Å². The number of para-hydroxylation sites is 1. The number of nitrogens with one attached hydrogen (secondary N) is 3. The summed E-state index contributed by atoms with van der Waals surface area (Å²) in [6.07, 6.45) is 3.07. The number of amides is 4. The topological polar surface area (TPSA) is 103 Å². The number of carbonyl (C=O) groups excluding carboxylic acids is 3. The second-order valence-electron chi connectivity index (χ2n) is 7.00. The third kappa shape index (κ3) is 6.55. The van der Waals surface area contributed by atoms with Crippen LogP contribution in [0.4, 0.5) is 16.3 Å². The van der Waals surface area contributed by atoms with Crippen LogP contribution in [-0.4, -0.2) is 47.4 Å². The Hall–Kier alpha value is -2.94. The summed E-state index contributed by atoms with van der Waals surface area (Å²) in [5.74, 6) is 0.274. The number of likely N-dealkylation sites (tertiary alicyclic amines) is 1. The Balaban J connectivity index is 1.35. The maximum absolute atomic E-state index is 12.4. The van der Waals surface area contributed by atoms with Crippen molar-refractivity contribution in [2.75, 3.05) is 30.3 Å². The van der Waals surface area contributed by atoms with E-state index in [9.17, 15) is 14.4 Å². The van der Waals surface area contributed by atoms with E-state index in [1.165, 1.54) is 0 Å². The Labute approximate surface area is 183 Å². The first-order valence-electron chi connectivity index (χ1n) is 9.81. The number of carbonyl (C=O) groups is 3. The van der Waals surface area contributed by atoms with Crippen molar-refractivity contribution in [1.82, 2.24) is 15.2 Å². The van der Waals surface area contributed by atoms with Gasteiger partial charge in [0.1, 0.15) is 5.82 Å². The third-order valence-electron chi connectivity index (χ3n) is 4.85. The van der Waals surface area contributed by atoms with Gasteiger partial charge in [0.05, 0.1) is 0 Å². The van der Waals surface area contributed by atoms with E-state index in [0.29, 0.717) is 37.4 Å². The van der Waals surface area contributed by atoms with Crippen molar-refractivity contribution in [3.8, 4) is 0 Å². The monoisotopic (exact) mass is 473 g/mol. The Morgan fingerprint density at radius 2 is 1.77 bits per heavy atom. The predicted molar refractivity (Wildman–Crippen MR) is 118 cm³/mol. The molecule has 0 atom stereocenters. The molecule has 1 aromatic heterocycles. The molecule has 0 bridgehead atoms. The minimum atomic E-state index is -0.342. The molecule has 0 radical (unpaired) electrons. The van der Waals surface area contributed by atoms with E-state index in [1.54, 1.807) is 29.3 Å². The van der Waals surface area contributed by atoms with E-state index in [2.05, 4.69) is 36.9 Å². The molecule has 0 unspecified atom stereocenters. The highest BCUT2D eigenvalue weighted by Crippen LogP contribution is 2.20. The van der Waals surface area contributed by atoms with Gasteiger partial charge in [0.25, 0.3) is 0 Å². The highest BCUT2D eigenvalue weighted by atomic mass is 79.9. The molecule has 1 aromatic carbocycles. The minimum Gasteiger partial charge on any atom is -0.343 e. The van der Waals surface area contributed by atoms with Crippen LogP contribution < -0.4 is 16.0 Å². The van der Waals surface area contributed by atoms with Crippen LogP contribution in [0.1, 0.15) is 19.3 Å². The van der Waals surface area contributed by atoms with Gasteiger partial charge in [-0.3, -0.25) is 9.59 Å². The van der Waals surface area contributed by atoms with Gasteiger partial charge in [0, 0.05) is 48.3 Å². The number of hydrogen-bond acceptors (Lipinski definition) is 4. The SMILES string of the molecule is O=C(NCCC(=O)N1CCC(C(=O)Nc2ccc(Br)cn2)CC1)Nc1ccccc1. The lowest BCUT2D eigenvalue weighted by molar-refractivity contribution is -0.134. The molecule has 9 heteroatoms. The van der Waals surface area contributed by atoms with Crippen molar-refractivity contribution < 1.29 is 14.4 Å². The van der Waals surface area contributed by atoms with Gasteiger partial charge in [0.2, 0.25) is 11.8 Å². The minimum absolute atomic E-state index is 0.0246. The van der Waals surface area contributed by atoms with Crippen LogP contribution in [-0.2, 0) is 9.59 Å². The Morgan fingerprint density at radius 3 is 2.43 bits per heavy atom. The summed E-state index contributed by atoms with van der Waals surface area (Å²) in [4.78, 5) is 42.5. The Morgan fingerprint density at radius 1 is 1.03 bits per heavy atom. The van der Waals surface area contributed by atoms with Crippen LogP contribution in [0.5, 0.6) is 0 Å². The maximum Gasteiger partial charge on any atom is 0.319 e. The molecule has 3 rings (SSSR count). The molecular formula is C21H24BrN5O3. The van der Waals surface area contributed by atoms with Gasteiger partial charge >= 0.3 is 6.03 Å². The molecule has 1 aliphatic heterocycles. The second kappa shape index (κ2) is 10.7. The van der Waals surface area contributed by atoms with Gasteiger partial charge in [-0.05, 0) is 53.0 Å². The average molecular weight is 474 g/mol. The van der Waals surface area contributed by atoms with E-state index in [-0.39, 0.29) is 36.7 Å². The largest absolute Gasteiger partial charge is 0.343 e.